The largest absolute Gasteiger partial charge is 0.455 e. The molecular weight excluding hydrogens is 332 g/mol. The standard InChI is InChI=1S/C14H16N6O3S/c1-8(2)3-10-18-11(23-20-10)5-22-12(21)4-9-6-24-14(17-9)13-15-7-16-19-13/h6-8H,3-5H2,1-2H3,(H,15,16,19). The van der Waals surface area contributed by atoms with Gasteiger partial charge in [-0.15, -0.1) is 11.3 Å². The van der Waals surface area contributed by atoms with Crippen molar-refractivity contribution in [3.8, 4) is 10.8 Å². The van der Waals surface area contributed by atoms with E-state index in [-0.39, 0.29) is 13.0 Å². The van der Waals surface area contributed by atoms with Gasteiger partial charge in [0.15, 0.2) is 23.3 Å². The number of esters is 1. The summed E-state index contributed by atoms with van der Waals surface area (Å²) in [6.07, 6.45) is 2.20. The van der Waals surface area contributed by atoms with Crippen molar-refractivity contribution in [3.05, 3.63) is 29.1 Å². The van der Waals surface area contributed by atoms with Crippen LogP contribution in [0.25, 0.3) is 10.8 Å². The Balaban J connectivity index is 1.50. The van der Waals surface area contributed by atoms with Crippen LogP contribution in [-0.2, 0) is 29.0 Å². The zero-order valence-corrected chi connectivity index (χ0v) is 14.0. The number of H-pyrrole nitrogens is 1. The van der Waals surface area contributed by atoms with Crippen molar-refractivity contribution in [1.29, 1.82) is 0 Å². The molecule has 0 aliphatic carbocycles. The molecule has 0 amide bonds. The maximum Gasteiger partial charge on any atom is 0.312 e. The van der Waals surface area contributed by atoms with Crippen LogP contribution in [0.5, 0.6) is 0 Å². The van der Waals surface area contributed by atoms with E-state index in [1.807, 2.05) is 0 Å². The normalized spacial score (nSPS) is 11.1. The summed E-state index contributed by atoms with van der Waals surface area (Å²) in [5.74, 6) is 1.50. The summed E-state index contributed by atoms with van der Waals surface area (Å²) < 4.78 is 10.2. The van der Waals surface area contributed by atoms with Gasteiger partial charge < -0.3 is 9.26 Å². The van der Waals surface area contributed by atoms with E-state index in [2.05, 4.69) is 44.2 Å². The lowest BCUT2D eigenvalue weighted by Gasteiger charge is -1.99. The molecule has 0 atom stereocenters. The lowest BCUT2D eigenvalue weighted by molar-refractivity contribution is -0.144. The van der Waals surface area contributed by atoms with E-state index in [4.69, 9.17) is 9.26 Å². The molecule has 0 aliphatic rings. The minimum Gasteiger partial charge on any atom is -0.455 e. The molecule has 3 aromatic rings. The van der Waals surface area contributed by atoms with E-state index < -0.39 is 5.97 Å². The van der Waals surface area contributed by atoms with Gasteiger partial charge in [-0.3, -0.25) is 9.89 Å². The van der Waals surface area contributed by atoms with Crippen LogP contribution in [0.15, 0.2) is 16.2 Å². The molecule has 126 valence electrons. The van der Waals surface area contributed by atoms with Gasteiger partial charge >= 0.3 is 5.97 Å². The second-order valence-corrected chi connectivity index (χ2v) is 6.38. The molecular formula is C14H16N6O3S. The number of aromatic amines is 1. The second kappa shape index (κ2) is 7.30. The lowest BCUT2D eigenvalue weighted by atomic mass is 10.1. The molecule has 0 bridgehead atoms. The van der Waals surface area contributed by atoms with Gasteiger partial charge in [-0.05, 0) is 5.92 Å². The van der Waals surface area contributed by atoms with Gasteiger partial charge in [-0.1, -0.05) is 19.0 Å². The van der Waals surface area contributed by atoms with Crippen LogP contribution < -0.4 is 0 Å². The average Bonchev–Trinajstić information content (AvgIpc) is 3.26. The summed E-state index contributed by atoms with van der Waals surface area (Å²) in [5, 5.41) is 12.8. The van der Waals surface area contributed by atoms with Crippen molar-refractivity contribution in [2.75, 3.05) is 0 Å². The number of rotatable bonds is 7. The zero-order chi connectivity index (χ0) is 16.9. The molecule has 3 rings (SSSR count). The minimum atomic E-state index is -0.409. The van der Waals surface area contributed by atoms with Gasteiger partial charge in [0.1, 0.15) is 6.33 Å². The number of ether oxygens (including phenoxy) is 1. The number of aromatic nitrogens is 6. The van der Waals surface area contributed by atoms with Gasteiger partial charge in [-0.25, -0.2) is 9.97 Å². The molecule has 9 nitrogen and oxygen atoms in total. The number of carbonyl (C=O) groups is 1. The van der Waals surface area contributed by atoms with Crippen molar-refractivity contribution in [2.24, 2.45) is 5.92 Å². The molecule has 0 radical (unpaired) electrons. The quantitative estimate of drug-likeness (QED) is 0.642. The van der Waals surface area contributed by atoms with Crippen LogP contribution in [0.4, 0.5) is 0 Å². The summed E-state index contributed by atoms with van der Waals surface area (Å²) in [7, 11) is 0. The average molecular weight is 348 g/mol. The number of thiazole rings is 1. The predicted octanol–water partition coefficient (Wildman–Crippen LogP) is 1.80. The van der Waals surface area contributed by atoms with E-state index in [1.165, 1.54) is 17.7 Å². The Morgan fingerprint density at radius 1 is 1.42 bits per heavy atom. The van der Waals surface area contributed by atoms with Crippen molar-refractivity contribution >= 4 is 17.3 Å². The summed E-state index contributed by atoms with van der Waals surface area (Å²) in [6, 6.07) is 0. The van der Waals surface area contributed by atoms with E-state index >= 15 is 0 Å². The monoisotopic (exact) mass is 348 g/mol. The molecule has 0 saturated carbocycles. The smallest absolute Gasteiger partial charge is 0.312 e. The van der Waals surface area contributed by atoms with Crippen LogP contribution >= 0.6 is 11.3 Å². The highest BCUT2D eigenvalue weighted by Crippen LogP contribution is 2.19. The first-order valence-electron chi connectivity index (χ1n) is 7.37. The second-order valence-electron chi connectivity index (χ2n) is 5.52. The van der Waals surface area contributed by atoms with E-state index in [0.29, 0.717) is 34.2 Å². The molecule has 0 aromatic carbocycles. The van der Waals surface area contributed by atoms with E-state index in [0.717, 1.165) is 6.42 Å². The van der Waals surface area contributed by atoms with Crippen LogP contribution in [0.3, 0.4) is 0 Å². The number of hydrogen-bond donors (Lipinski definition) is 1. The molecule has 0 saturated heterocycles. The first-order valence-corrected chi connectivity index (χ1v) is 8.25. The maximum absolute atomic E-state index is 11.9. The highest BCUT2D eigenvalue weighted by molar-refractivity contribution is 7.13. The van der Waals surface area contributed by atoms with E-state index in [9.17, 15) is 4.79 Å². The molecule has 10 heteroatoms. The maximum atomic E-state index is 11.9. The Morgan fingerprint density at radius 3 is 3.04 bits per heavy atom. The molecule has 24 heavy (non-hydrogen) atoms. The summed E-state index contributed by atoms with van der Waals surface area (Å²) in [6.45, 7) is 4.09. The Morgan fingerprint density at radius 2 is 2.29 bits per heavy atom. The van der Waals surface area contributed by atoms with Crippen molar-refractivity contribution in [2.45, 2.75) is 33.3 Å². The van der Waals surface area contributed by atoms with Crippen LogP contribution in [0.2, 0.25) is 0 Å². The van der Waals surface area contributed by atoms with Crippen LogP contribution in [0, 0.1) is 5.92 Å². The predicted molar refractivity (Wildman–Crippen MR) is 83.8 cm³/mol. The summed E-state index contributed by atoms with van der Waals surface area (Å²) in [4.78, 5) is 24.4. The Hall–Kier alpha value is -2.62. The fourth-order valence-corrected chi connectivity index (χ4v) is 2.71. The van der Waals surface area contributed by atoms with Crippen molar-refractivity contribution < 1.29 is 14.1 Å². The molecule has 0 fully saturated rings. The summed E-state index contributed by atoms with van der Waals surface area (Å²) in [5.41, 5.74) is 0.613. The number of hydrogen-bond acceptors (Lipinski definition) is 9. The zero-order valence-electron chi connectivity index (χ0n) is 13.2. The highest BCUT2D eigenvalue weighted by Gasteiger charge is 2.14. The Labute approximate surface area is 141 Å². The first-order chi connectivity index (χ1) is 11.6. The minimum absolute atomic E-state index is 0.0387. The molecule has 0 unspecified atom stereocenters. The Bertz CT molecular complexity index is 795. The fourth-order valence-electron chi connectivity index (χ4n) is 1.94. The molecule has 0 aliphatic heterocycles. The van der Waals surface area contributed by atoms with Crippen LogP contribution in [0.1, 0.15) is 31.3 Å². The Kier molecular flexibility index (Phi) is 4.94. The van der Waals surface area contributed by atoms with Gasteiger partial charge in [-0.2, -0.15) is 10.1 Å². The highest BCUT2D eigenvalue weighted by atomic mass is 32.1. The molecule has 0 spiro atoms. The van der Waals surface area contributed by atoms with Gasteiger partial charge in [0.25, 0.3) is 5.89 Å². The van der Waals surface area contributed by atoms with Crippen molar-refractivity contribution in [3.63, 3.8) is 0 Å². The lowest BCUT2D eigenvalue weighted by Crippen LogP contribution is -2.08. The van der Waals surface area contributed by atoms with Gasteiger partial charge in [0.05, 0.1) is 12.1 Å². The van der Waals surface area contributed by atoms with Crippen molar-refractivity contribution in [1.82, 2.24) is 30.3 Å². The van der Waals surface area contributed by atoms with E-state index in [1.54, 1.807) is 5.38 Å². The number of nitrogens with one attached hydrogen (secondary N) is 1. The molecule has 3 aromatic heterocycles. The molecule has 1 N–H and O–H groups in total. The van der Waals surface area contributed by atoms with Gasteiger partial charge in [0, 0.05) is 11.8 Å². The van der Waals surface area contributed by atoms with Gasteiger partial charge in [0.2, 0.25) is 0 Å². The third kappa shape index (κ3) is 4.22. The summed E-state index contributed by atoms with van der Waals surface area (Å²) >= 11 is 1.38. The first kappa shape index (κ1) is 16.2. The SMILES string of the molecule is CC(C)Cc1noc(COC(=O)Cc2csc(-c3ncn[nH]3)n2)n1. The molecule has 3 heterocycles. The van der Waals surface area contributed by atoms with Crippen LogP contribution in [-0.4, -0.2) is 36.3 Å². The topological polar surface area (TPSA) is 120 Å². The number of nitrogens with zero attached hydrogens (tertiary/aromatic N) is 5. The third-order valence-electron chi connectivity index (χ3n) is 2.95. The fraction of sp³-hybridized carbons (Fsp3) is 0.429. The third-order valence-corrected chi connectivity index (χ3v) is 3.85. The number of carbonyl (C=O) groups excluding carboxylic acids is 1.